The molecule has 2 heterocycles. The molecule has 0 radical (unpaired) electrons. The molecular weight excluding hydrogens is 344 g/mol. The Morgan fingerprint density at radius 3 is 2.77 bits per heavy atom. The molecule has 0 spiro atoms. The lowest BCUT2D eigenvalue weighted by atomic mass is 10.1. The van der Waals surface area contributed by atoms with Gasteiger partial charge in [0, 0.05) is 16.6 Å². The van der Waals surface area contributed by atoms with Crippen molar-refractivity contribution in [2.75, 3.05) is 5.32 Å². The summed E-state index contributed by atoms with van der Waals surface area (Å²) in [5.74, 6) is 0.890. The van der Waals surface area contributed by atoms with Crippen molar-refractivity contribution in [2.24, 2.45) is 0 Å². The lowest BCUT2D eigenvalue weighted by Gasteiger charge is -2.09. The van der Waals surface area contributed by atoms with Gasteiger partial charge < -0.3 is 9.73 Å². The molecule has 5 nitrogen and oxygen atoms in total. The van der Waals surface area contributed by atoms with Crippen LogP contribution in [0.5, 0.6) is 0 Å². The Bertz CT molecular complexity index is 1140. The molecule has 0 bridgehead atoms. The number of rotatable bonds is 4. The third-order valence-corrected chi connectivity index (χ3v) is 4.92. The van der Waals surface area contributed by atoms with Crippen LogP contribution in [0, 0.1) is 11.3 Å². The molecule has 26 heavy (non-hydrogen) atoms. The Balaban J connectivity index is 1.67. The van der Waals surface area contributed by atoms with Crippen molar-refractivity contribution in [3.63, 3.8) is 0 Å². The second kappa shape index (κ2) is 6.82. The third-order valence-electron chi connectivity index (χ3n) is 3.97. The quantitative estimate of drug-likeness (QED) is 0.536. The number of nitrogens with zero attached hydrogens (tertiary/aromatic N) is 3. The molecule has 4 aromatic rings. The normalized spacial score (nSPS) is 11.5. The van der Waals surface area contributed by atoms with Crippen molar-refractivity contribution in [2.45, 2.75) is 6.92 Å². The van der Waals surface area contributed by atoms with Crippen LogP contribution in [-0.2, 0) is 0 Å². The molecule has 126 valence electrons. The summed E-state index contributed by atoms with van der Waals surface area (Å²) >= 11 is 1.55. The molecule has 0 fully saturated rings. The smallest absolute Gasteiger partial charge is 0.264 e. The molecule has 0 amide bonds. The fourth-order valence-electron chi connectivity index (χ4n) is 2.68. The van der Waals surface area contributed by atoms with Gasteiger partial charge in [0.05, 0.1) is 16.0 Å². The largest absolute Gasteiger partial charge is 0.415 e. The van der Waals surface area contributed by atoms with Crippen molar-refractivity contribution < 1.29 is 4.42 Å². The second-order valence-electron chi connectivity index (χ2n) is 5.54. The van der Waals surface area contributed by atoms with Crippen molar-refractivity contribution in [3.05, 3.63) is 71.4 Å². The summed E-state index contributed by atoms with van der Waals surface area (Å²) in [6, 6.07) is 17.6. The first kappa shape index (κ1) is 16.1. The van der Waals surface area contributed by atoms with E-state index >= 15 is 0 Å². The zero-order valence-electron chi connectivity index (χ0n) is 13.9. The number of hydrogen-bond donors (Lipinski definition) is 1. The summed E-state index contributed by atoms with van der Waals surface area (Å²) in [5.41, 5.74) is 3.16. The van der Waals surface area contributed by atoms with Gasteiger partial charge in [-0.25, -0.2) is 0 Å². The van der Waals surface area contributed by atoms with Gasteiger partial charge in [-0.05, 0) is 42.6 Å². The number of thiophene rings is 1. The van der Waals surface area contributed by atoms with E-state index in [4.69, 9.17) is 4.42 Å². The molecule has 0 atom stereocenters. The standard InChI is InChI=1S/C20H14N4OS/c1-2-16(20-24-23-19(25-20)13-6-4-3-5-7-13)22-17-9-8-14(12-21)18-15(17)10-11-26-18/h2-11,22H,1H3/b16-2-. The predicted molar refractivity (Wildman–Crippen MR) is 104 cm³/mol. The van der Waals surface area contributed by atoms with E-state index in [1.165, 1.54) is 0 Å². The molecule has 0 aliphatic carbocycles. The third kappa shape index (κ3) is 2.85. The van der Waals surface area contributed by atoms with Crippen LogP contribution in [0.3, 0.4) is 0 Å². The van der Waals surface area contributed by atoms with Gasteiger partial charge in [0.1, 0.15) is 6.07 Å². The minimum Gasteiger partial charge on any atom is -0.415 e. The first-order valence-corrected chi connectivity index (χ1v) is 8.91. The minimum atomic E-state index is 0.416. The van der Waals surface area contributed by atoms with E-state index in [2.05, 4.69) is 21.6 Å². The molecule has 6 heteroatoms. The van der Waals surface area contributed by atoms with Crippen molar-refractivity contribution in [3.8, 4) is 17.5 Å². The maximum atomic E-state index is 9.25. The summed E-state index contributed by atoms with van der Waals surface area (Å²) in [6.07, 6.45) is 1.89. The van der Waals surface area contributed by atoms with Crippen molar-refractivity contribution in [1.82, 2.24) is 10.2 Å². The lowest BCUT2D eigenvalue weighted by molar-refractivity contribution is 0.553. The maximum Gasteiger partial charge on any atom is 0.264 e. The molecule has 0 aliphatic heterocycles. The zero-order valence-corrected chi connectivity index (χ0v) is 14.7. The number of aromatic nitrogens is 2. The van der Waals surface area contributed by atoms with E-state index in [1.807, 2.05) is 66.9 Å². The van der Waals surface area contributed by atoms with Gasteiger partial charge in [-0.15, -0.1) is 21.5 Å². The van der Waals surface area contributed by atoms with Gasteiger partial charge in [0.25, 0.3) is 5.89 Å². The SMILES string of the molecule is C/C=C(\Nc1ccc(C#N)c2sccc12)c1nnc(-c2ccccc2)o1. The van der Waals surface area contributed by atoms with Crippen LogP contribution < -0.4 is 5.32 Å². The number of nitrogens with one attached hydrogen (secondary N) is 1. The Labute approximate surface area is 154 Å². The predicted octanol–water partition coefficient (Wildman–Crippen LogP) is 5.30. The minimum absolute atomic E-state index is 0.416. The van der Waals surface area contributed by atoms with Crippen LogP contribution in [0.4, 0.5) is 5.69 Å². The highest BCUT2D eigenvalue weighted by Gasteiger charge is 2.14. The molecule has 0 unspecified atom stereocenters. The van der Waals surface area contributed by atoms with Gasteiger partial charge >= 0.3 is 0 Å². The van der Waals surface area contributed by atoms with Crippen molar-refractivity contribution in [1.29, 1.82) is 5.26 Å². The van der Waals surface area contributed by atoms with Gasteiger partial charge in [0.2, 0.25) is 5.89 Å². The number of nitriles is 1. The summed E-state index contributed by atoms with van der Waals surface area (Å²) < 4.78 is 6.79. The molecule has 4 rings (SSSR count). The Morgan fingerprint density at radius 2 is 2.00 bits per heavy atom. The molecule has 0 aliphatic rings. The van der Waals surface area contributed by atoms with E-state index in [0.717, 1.165) is 27.0 Å². The number of fused-ring (bicyclic) bond motifs is 1. The van der Waals surface area contributed by atoms with E-state index in [0.29, 0.717) is 17.3 Å². The first-order valence-electron chi connectivity index (χ1n) is 8.03. The average molecular weight is 358 g/mol. The fourth-order valence-corrected chi connectivity index (χ4v) is 3.57. The van der Waals surface area contributed by atoms with Crippen LogP contribution >= 0.6 is 11.3 Å². The second-order valence-corrected chi connectivity index (χ2v) is 6.46. The Kier molecular flexibility index (Phi) is 4.22. The van der Waals surface area contributed by atoms with E-state index < -0.39 is 0 Å². The summed E-state index contributed by atoms with van der Waals surface area (Å²) in [5, 5.41) is 23.9. The van der Waals surface area contributed by atoms with E-state index in [1.54, 1.807) is 11.3 Å². The molecule has 2 aromatic heterocycles. The van der Waals surface area contributed by atoms with Gasteiger partial charge in [-0.2, -0.15) is 5.26 Å². The highest BCUT2D eigenvalue weighted by atomic mass is 32.1. The fraction of sp³-hybridized carbons (Fsp3) is 0.0500. The Hall–Kier alpha value is -3.43. The first-order chi connectivity index (χ1) is 12.8. The monoisotopic (exact) mass is 358 g/mol. The highest BCUT2D eigenvalue weighted by molar-refractivity contribution is 7.17. The number of benzene rings is 2. The average Bonchev–Trinajstić information content (AvgIpc) is 3.37. The van der Waals surface area contributed by atoms with Crippen LogP contribution in [-0.4, -0.2) is 10.2 Å². The molecule has 1 N–H and O–H groups in total. The molecule has 0 saturated carbocycles. The molecular formula is C20H14N4OS. The molecule has 2 aromatic carbocycles. The van der Waals surface area contributed by atoms with Crippen LogP contribution in [0.25, 0.3) is 27.2 Å². The highest BCUT2D eigenvalue weighted by Crippen LogP contribution is 2.33. The lowest BCUT2D eigenvalue weighted by Crippen LogP contribution is -1.99. The Morgan fingerprint density at radius 1 is 1.15 bits per heavy atom. The summed E-state index contributed by atoms with van der Waals surface area (Å²) in [7, 11) is 0. The topological polar surface area (TPSA) is 74.7 Å². The van der Waals surface area contributed by atoms with E-state index in [9.17, 15) is 5.26 Å². The number of allylic oxidation sites excluding steroid dienone is 1. The summed E-state index contributed by atoms with van der Waals surface area (Å²) in [6.45, 7) is 1.91. The van der Waals surface area contributed by atoms with Gasteiger partial charge in [0.15, 0.2) is 0 Å². The van der Waals surface area contributed by atoms with Crippen molar-refractivity contribution >= 4 is 32.8 Å². The van der Waals surface area contributed by atoms with Gasteiger partial charge in [-0.3, -0.25) is 0 Å². The van der Waals surface area contributed by atoms with Crippen LogP contribution in [0.1, 0.15) is 18.4 Å². The summed E-state index contributed by atoms with van der Waals surface area (Å²) in [4.78, 5) is 0. The number of hydrogen-bond acceptors (Lipinski definition) is 6. The zero-order chi connectivity index (χ0) is 17.9. The number of anilines is 1. The van der Waals surface area contributed by atoms with E-state index in [-0.39, 0.29) is 0 Å². The van der Waals surface area contributed by atoms with Gasteiger partial charge in [-0.1, -0.05) is 24.3 Å². The molecule has 0 saturated heterocycles. The maximum absolute atomic E-state index is 9.25. The van der Waals surface area contributed by atoms with Crippen LogP contribution in [0.15, 0.2) is 64.4 Å². The van der Waals surface area contributed by atoms with Crippen LogP contribution in [0.2, 0.25) is 0 Å².